The topological polar surface area (TPSA) is 33.7 Å². The predicted molar refractivity (Wildman–Crippen MR) is 79.4 cm³/mol. The summed E-state index contributed by atoms with van der Waals surface area (Å²) < 4.78 is 35.4. The van der Waals surface area contributed by atoms with E-state index in [1.165, 1.54) is 0 Å². The van der Waals surface area contributed by atoms with Crippen molar-refractivity contribution in [1.82, 2.24) is 10.2 Å². The highest BCUT2D eigenvalue weighted by Gasteiger charge is 2.43. The van der Waals surface area contributed by atoms with Gasteiger partial charge in [-0.3, -0.25) is 4.90 Å². The first kappa shape index (κ1) is 15.5. The molecule has 2 heterocycles. The smallest absolute Gasteiger partial charge is 0.395 e. The maximum atomic E-state index is 13.2. The largest absolute Gasteiger partial charge is 0.586 e. The quantitative estimate of drug-likeness (QED) is 0.905. The van der Waals surface area contributed by atoms with Crippen molar-refractivity contribution in [2.45, 2.75) is 38.5 Å². The van der Waals surface area contributed by atoms with Gasteiger partial charge in [0.05, 0.1) is 0 Å². The van der Waals surface area contributed by atoms with Crippen molar-refractivity contribution < 1.29 is 18.3 Å². The number of hydrogen-bond acceptors (Lipinski definition) is 4. The molecule has 1 atom stereocenters. The number of nitrogens with zero attached hydrogens (tertiary/aromatic N) is 1. The van der Waals surface area contributed by atoms with Crippen LogP contribution in [0.3, 0.4) is 0 Å². The highest BCUT2D eigenvalue weighted by molar-refractivity contribution is 5.46. The van der Waals surface area contributed by atoms with E-state index in [4.69, 9.17) is 0 Å². The summed E-state index contributed by atoms with van der Waals surface area (Å²) in [4.78, 5) is 2.42. The van der Waals surface area contributed by atoms with E-state index in [1.54, 1.807) is 12.1 Å². The zero-order chi connectivity index (χ0) is 15.6. The molecule has 122 valence electrons. The molecule has 0 aromatic heterocycles. The Balaban J connectivity index is 1.82. The van der Waals surface area contributed by atoms with Crippen molar-refractivity contribution in [2.24, 2.45) is 0 Å². The Morgan fingerprint density at radius 3 is 2.68 bits per heavy atom. The number of nitrogens with one attached hydrogen (secondary N) is 1. The molecule has 0 spiro atoms. The van der Waals surface area contributed by atoms with Gasteiger partial charge in [-0.05, 0) is 24.1 Å². The minimum absolute atomic E-state index is 0.114. The predicted octanol–water partition coefficient (Wildman–Crippen LogP) is 3.14. The minimum Gasteiger partial charge on any atom is -0.395 e. The van der Waals surface area contributed by atoms with E-state index in [9.17, 15) is 8.78 Å². The van der Waals surface area contributed by atoms with Crippen LogP contribution in [0.4, 0.5) is 8.78 Å². The van der Waals surface area contributed by atoms with E-state index in [0.717, 1.165) is 51.0 Å². The summed E-state index contributed by atoms with van der Waals surface area (Å²) in [5, 5.41) is 3.34. The highest BCUT2D eigenvalue weighted by atomic mass is 19.3. The Morgan fingerprint density at radius 1 is 1.23 bits per heavy atom. The summed E-state index contributed by atoms with van der Waals surface area (Å²) >= 11 is 0. The summed E-state index contributed by atoms with van der Waals surface area (Å²) in [5.74, 6) is 0.252. The molecular formula is C16H22F2N2O2. The summed E-state index contributed by atoms with van der Waals surface area (Å²) in [6.07, 6.45) is -0.300. The molecule has 2 aliphatic rings. The lowest BCUT2D eigenvalue weighted by molar-refractivity contribution is -0.286. The van der Waals surface area contributed by atoms with Gasteiger partial charge in [-0.2, -0.15) is 0 Å². The van der Waals surface area contributed by atoms with Gasteiger partial charge >= 0.3 is 6.29 Å². The van der Waals surface area contributed by atoms with Gasteiger partial charge in [0, 0.05) is 32.2 Å². The van der Waals surface area contributed by atoms with Crippen molar-refractivity contribution >= 4 is 0 Å². The fraction of sp³-hybridized carbons (Fsp3) is 0.625. The number of hydrogen-bond donors (Lipinski definition) is 1. The number of fused-ring (bicyclic) bond motifs is 1. The maximum Gasteiger partial charge on any atom is 0.586 e. The molecule has 4 nitrogen and oxygen atoms in total. The average Bonchev–Trinajstić information content (AvgIpc) is 2.82. The third-order valence-corrected chi connectivity index (χ3v) is 4.23. The van der Waals surface area contributed by atoms with E-state index in [2.05, 4.69) is 26.6 Å². The van der Waals surface area contributed by atoms with E-state index in [-0.39, 0.29) is 17.5 Å². The van der Waals surface area contributed by atoms with E-state index in [0.29, 0.717) is 0 Å². The van der Waals surface area contributed by atoms with Crippen LogP contribution in [-0.2, 0) is 0 Å². The number of alkyl halides is 2. The van der Waals surface area contributed by atoms with Gasteiger partial charge in [0.2, 0.25) is 0 Å². The summed E-state index contributed by atoms with van der Waals surface area (Å²) in [7, 11) is 0. The van der Waals surface area contributed by atoms with Gasteiger partial charge in [-0.15, -0.1) is 8.78 Å². The Labute approximate surface area is 129 Å². The fourth-order valence-electron chi connectivity index (χ4n) is 3.12. The lowest BCUT2D eigenvalue weighted by Gasteiger charge is -2.35. The maximum absolute atomic E-state index is 13.2. The first-order valence-electron chi connectivity index (χ1n) is 7.93. The van der Waals surface area contributed by atoms with E-state index < -0.39 is 6.29 Å². The molecule has 3 rings (SSSR count). The second-order valence-electron chi connectivity index (χ2n) is 5.82. The molecule has 0 aliphatic carbocycles. The fourth-order valence-corrected chi connectivity index (χ4v) is 3.12. The minimum atomic E-state index is -3.55. The van der Waals surface area contributed by atoms with Crippen LogP contribution < -0.4 is 14.8 Å². The normalized spacial score (nSPS) is 21.8. The van der Waals surface area contributed by atoms with Crippen LogP contribution in [0.25, 0.3) is 0 Å². The summed E-state index contributed by atoms with van der Waals surface area (Å²) in [5.41, 5.74) is 1.02. The zero-order valence-electron chi connectivity index (χ0n) is 12.8. The zero-order valence-corrected chi connectivity index (χ0v) is 12.8. The van der Waals surface area contributed by atoms with Crippen molar-refractivity contribution in [2.75, 3.05) is 26.2 Å². The molecule has 1 aromatic rings. The van der Waals surface area contributed by atoms with Gasteiger partial charge in [0.25, 0.3) is 0 Å². The standard InChI is InChI=1S/C16H22F2N2O2/c1-2-3-4-13(20-9-7-19-8-10-20)12-5-6-14-15(11-12)22-16(17,18)21-14/h5-6,11,13,19H,2-4,7-10H2,1H3/t13-/m1/s1. The van der Waals surface area contributed by atoms with Crippen LogP contribution in [0.15, 0.2) is 18.2 Å². The number of ether oxygens (including phenoxy) is 2. The number of benzene rings is 1. The monoisotopic (exact) mass is 312 g/mol. The van der Waals surface area contributed by atoms with E-state index >= 15 is 0 Å². The third-order valence-electron chi connectivity index (χ3n) is 4.23. The van der Waals surface area contributed by atoms with Gasteiger partial charge in [-0.1, -0.05) is 25.8 Å². The Bertz CT molecular complexity index is 519. The Hall–Kier alpha value is -1.40. The van der Waals surface area contributed by atoms with Crippen LogP contribution in [-0.4, -0.2) is 37.4 Å². The third kappa shape index (κ3) is 3.33. The van der Waals surface area contributed by atoms with Crippen LogP contribution >= 0.6 is 0 Å². The number of rotatable bonds is 5. The lowest BCUT2D eigenvalue weighted by atomic mass is 9.98. The van der Waals surface area contributed by atoms with Gasteiger partial charge in [0.15, 0.2) is 11.5 Å². The van der Waals surface area contributed by atoms with Crippen molar-refractivity contribution in [3.8, 4) is 11.5 Å². The Morgan fingerprint density at radius 2 is 1.95 bits per heavy atom. The second kappa shape index (κ2) is 6.38. The first-order chi connectivity index (χ1) is 10.6. The molecule has 0 saturated carbocycles. The SMILES string of the molecule is CCCC[C@H](c1ccc2c(c1)OC(F)(F)O2)N1CCNCC1. The molecule has 2 aliphatic heterocycles. The number of piperazine rings is 1. The Kier molecular flexibility index (Phi) is 4.49. The van der Waals surface area contributed by atoms with Crippen LogP contribution in [0.1, 0.15) is 37.8 Å². The van der Waals surface area contributed by atoms with Gasteiger partial charge in [0.1, 0.15) is 0 Å². The lowest BCUT2D eigenvalue weighted by Crippen LogP contribution is -2.45. The van der Waals surface area contributed by atoms with Crippen molar-refractivity contribution in [3.05, 3.63) is 23.8 Å². The molecular weight excluding hydrogens is 290 g/mol. The first-order valence-corrected chi connectivity index (χ1v) is 7.93. The molecule has 6 heteroatoms. The molecule has 1 fully saturated rings. The number of unbranched alkanes of at least 4 members (excludes halogenated alkanes) is 1. The van der Waals surface area contributed by atoms with Crippen LogP contribution in [0, 0.1) is 0 Å². The summed E-state index contributed by atoms with van der Waals surface area (Å²) in [6, 6.07) is 5.42. The molecule has 0 bridgehead atoms. The van der Waals surface area contributed by atoms with Gasteiger partial charge < -0.3 is 14.8 Å². The number of halogens is 2. The van der Waals surface area contributed by atoms with E-state index in [1.807, 2.05) is 6.07 Å². The molecule has 0 amide bonds. The molecule has 1 saturated heterocycles. The van der Waals surface area contributed by atoms with Gasteiger partial charge in [-0.25, -0.2) is 0 Å². The second-order valence-corrected chi connectivity index (χ2v) is 5.82. The van der Waals surface area contributed by atoms with Crippen LogP contribution in [0.2, 0.25) is 0 Å². The molecule has 0 radical (unpaired) electrons. The summed E-state index contributed by atoms with van der Waals surface area (Å²) in [6.45, 7) is 6.03. The molecule has 0 unspecified atom stereocenters. The van der Waals surface area contributed by atoms with Crippen molar-refractivity contribution in [1.29, 1.82) is 0 Å². The molecule has 1 aromatic carbocycles. The van der Waals surface area contributed by atoms with Crippen LogP contribution in [0.5, 0.6) is 11.5 Å². The molecule has 1 N–H and O–H groups in total. The van der Waals surface area contributed by atoms with Crippen molar-refractivity contribution in [3.63, 3.8) is 0 Å². The molecule has 22 heavy (non-hydrogen) atoms. The average molecular weight is 312 g/mol. The highest BCUT2D eigenvalue weighted by Crippen LogP contribution is 2.43.